The Bertz CT molecular complexity index is 919. The molecular formula is C21H32N4O6S. The number of imide groups is 1. The number of aliphatic carboxylic acids is 1. The fraction of sp³-hybridized carbons (Fsp3) is 0.571. The molecule has 1 aliphatic heterocycles. The number of sulfonamides is 1. The predicted molar refractivity (Wildman–Crippen MR) is 118 cm³/mol. The van der Waals surface area contributed by atoms with Gasteiger partial charge >= 0.3 is 12.0 Å². The minimum Gasteiger partial charge on any atom is -0.480 e. The summed E-state index contributed by atoms with van der Waals surface area (Å²) < 4.78 is 27.5. The number of carboxylic acid groups (broad SMARTS) is 1. The van der Waals surface area contributed by atoms with Gasteiger partial charge in [-0.3, -0.25) is 4.79 Å². The van der Waals surface area contributed by atoms with Crippen molar-refractivity contribution in [2.24, 2.45) is 5.73 Å². The van der Waals surface area contributed by atoms with E-state index in [0.29, 0.717) is 30.7 Å². The molecule has 1 aliphatic rings. The third-order valence-electron chi connectivity index (χ3n) is 5.43. The van der Waals surface area contributed by atoms with Crippen molar-refractivity contribution in [3.8, 4) is 0 Å². The van der Waals surface area contributed by atoms with E-state index in [1.807, 2.05) is 6.92 Å². The Morgan fingerprint density at radius 2 is 1.91 bits per heavy atom. The lowest BCUT2D eigenvalue weighted by atomic mass is 10.1. The average Bonchev–Trinajstić information content (AvgIpc) is 3.24. The fourth-order valence-corrected chi connectivity index (χ4v) is 5.41. The molecule has 0 radical (unpaired) electrons. The first-order valence-electron chi connectivity index (χ1n) is 10.8. The van der Waals surface area contributed by atoms with Gasteiger partial charge in [-0.15, -0.1) is 0 Å². The molecule has 1 saturated heterocycles. The van der Waals surface area contributed by atoms with Crippen molar-refractivity contribution in [3.05, 3.63) is 29.8 Å². The van der Waals surface area contributed by atoms with Crippen LogP contribution in [0.1, 0.15) is 44.6 Å². The number of carboxylic acids is 1. The van der Waals surface area contributed by atoms with Gasteiger partial charge in [-0.05, 0) is 64.6 Å². The molecule has 4 N–H and O–H groups in total. The normalized spacial score (nSPS) is 17.7. The SMILES string of the molecule is CCNC(=O)N(C(=O)[C@@H]1CCCN1S(=O)(=O)c1ccc(C)cc1)[C@@H](CCCCN)C(=O)O. The summed E-state index contributed by atoms with van der Waals surface area (Å²) in [6.07, 6.45) is 1.61. The lowest BCUT2D eigenvalue weighted by Gasteiger charge is -2.32. The highest BCUT2D eigenvalue weighted by atomic mass is 32.2. The number of nitrogens with one attached hydrogen (secondary N) is 1. The van der Waals surface area contributed by atoms with E-state index >= 15 is 0 Å². The Morgan fingerprint density at radius 3 is 2.47 bits per heavy atom. The Hall–Kier alpha value is -2.50. The minimum atomic E-state index is -4.00. The first-order chi connectivity index (χ1) is 15.1. The maximum absolute atomic E-state index is 13.5. The summed E-state index contributed by atoms with van der Waals surface area (Å²) in [6.45, 7) is 4.13. The number of carbonyl (C=O) groups is 3. The molecular weight excluding hydrogens is 436 g/mol. The standard InChI is InChI=1S/C21H32N4O6S/c1-3-23-21(29)25(18(20(27)28)7-4-5-13-22)19(26)17-8-6-14-24(17)32(30,31)16-11-9-15(2)10-12-16/h9-12,17-18H,3-8,13-14,22H2,1-2H3,(H,23,29)(H,27,28)/t17-,18-/m0/s1. The van der Waals surface area contributed by atoms with Crippen molar-refractivity contribution in [2.45, 2.75) is 62.9 Å². The van der Waals surface area contributed by atoms with Gasteiger partial charge in [0, 0.05) is 13.1 Å². The number of hydrogen-bond acceptors (Lipinski definition) is 6. The summed E-state index contributed by atoms with van der Waals surface area (Å²) in [5, 5.41) is 12.2. The molecule has 0 aliphatic carbocycles. The van der Waals surface area contributed by atoms with E-state index < -0.39 is 40.0 Å². The number of nitrogens with zero attached hydrogens (tertiary/aromatic N) is 2. The highest BCUT2D eigenvalue weighted by Crippen LogP contribution is 2.28. The Kier molecular flexibility index (Phi) is 9.17. The van der Waals surface area contributed by atoms with Gasteiger partial charge in [0.15, 0.2) is 0 Å². The number of nitrogens with two attached hydrogens (primary N) is 1. The number of urea groups is 1. The minimum absolute atomic E-state index is 0.0346. The molecule has 2 atom stereocenters. The Balaban J connectivity index is 2.38. The van der Waals surface area contributed by atoms with Gasteiger partial charge in [0.25, 0.3) is 0 Å². The summed E-state index contributed by atoms with van der Waals surface area (Å²) in [4.78, 5) is 38.9. The molecule has 11 heteroatoms. The second-order valence-corrected chi connectivity index (χ2v) is 9.66. The van der Waals surface area contributed by atoms with Crippen LogP contribution in [0.3, 0.4) is 0 Å². The van der Waals surface area contributed by atoms with Gasteiger partial charge in [0.05, 0.1) is 4.90 Å². The number of aryl methyl sites for hydroxylation is 1. The predicted octanol–water partition coefficient (Wildman–Crippen LogP) is 1.29. The van der Waals surface area contributed by atoms with E-state index in [0.717, 1.165) is 9.87 Å². The van der Waals surface area contributed by atoms with Crippen LogP contribution in [-0.2, 0) is 19.6 Å². The van der Waals surface area contributed by atoms with Crippen LogP contribution in [0.4, 0.5) is 4.79 Å². The monoisotopic (exact) mass is 468 g/mol. The van der Waals surface area contributed by atoms with Crippen LogP contribution in [0.2, 0.25) is 0 Å². The lowest BCUT2D eigenvalue weighted by Crippen LogP contribution is -2.58. The lowest BCUT2D eigenvalue weighted by molar-refractivity contribution is -0.149. The number of carbonyl (C=O) groups excluding carboxylic acids is 2. The zero-order chi connectivity index (χ0) is 23.9. The smallest absolute Gasteiger partial charge is 0.326 e. The molecule has 3 amide bonds. The number of unbranched alkanes of at least 4 members (excludes halogenated alkanes) is 1. The van der Waals surface area contributed by atoms with Crippen molar-refractivity contribution in [1.82, 2.24) is 14.5 Å². The van der Waals surface area contributed by atoms with Gasteiger partial charge in [-0.1, -0.05) is 17.7 Å². The van der Waals surface area contributed by atoms with E-state index in [4.69, 9.17) is 5.73 Å². The topological polar surface area (TPSA) is 150 Å². The summed E-state index contributed by atoms with van der Waals surface area (Å²) >= 11 is 0. The molecule has 1 aromatic carbocycles. The second kappa shape index (κ2) is 11.4. The molecule has 0 unspecified atom stereocenters. The first-order valence-corrected chi connectivity index (χ1v) is 12.2. The van der Waals surface area contributed by atoms with Crippen LogP contribution in [-0.4, -0.2) is 72.4 Å². The number of hydrogen-bond donors (Lipinski definition) is 3. The van der Waals surface area contributed by atoms with E-state index in [2.05, 4.69) is 5.32 Å². The number of amides is 3. The zero-order valence-corrected chi connectivity index (χ0v) is 19.3. The van der Waals surface area contributed by atoms with Gasteiger partial charge < -0.3 is 16.2 Å². The molecule has 2 rings (SSSR count). The number of benzene rings is 1. The van der Waals surface area contributed by atoms with Crippen molar-refractivity contribution in [3.63, 3.8) is 0 Å². The van der Waals surface area contributed by atoms with Crippen LogP contribution in [0.5, 0.6) is 0 Å². The molecule has 1 fully saturated rings. The highest BCUT2D eigenvalue weighted by Gasteiger charge is 2.45. The van der Waals surface area contributed by atoms with Crippen molar-refractivity contribution in [2.75, 3.05) is 19.6 Å². The van der Waals surface area contributed by atoms with Gasteiger partial charge in [0.2, 0.25) is 15.9 Å². The molecule has 0 bridgehead atoms. The molecule has 1 heterocycles. The van der Waals surface area contributed by atoms with Crippen molar-refractivity contribution < 1.29 is 27.9 Å². The van der Waals surface area contributed by atoms with Crippen LogP contribution in [0.15, 0.2) is 29.2 Å². The van der Waals surface area contributed by atoms with E-state index in [-0.39, 0.29) is 30.8 Å². The third-order valence-corrected chi connectivity index (χ3v) is 7.35. The molecule has 0 spiro atoms. The van der Waals surface area contributed by atoms with Crippen LogP contribution in [0.25, 0.3) is 0 Å². The number of rotatable bonds is 10. The molecule has 0 aromatic heterocycles. The Labute approximate surface area is 188 Å². The van der Waals surface area contributed by atoms with Crippen molar-refractivity contribution >= 4 is 27.9 Å². The fourth-order valence-electron chi connectivity index (χ4n) is 3.76. The van der Waals surface area contributed by atoms with Crippen molar-refractivity contribution in [1.29, 1.82) is 0 Å². The summed E-state index contributed by atoms with van der Waals surface area (Å²) in [6, 6.07) is 2.86. The highest BCUT2D eigenvalue weighted by molar-refractivity contribution is 7.89. The summed E-state index contributed by atoms with van der Waals surface area (Å²) in [5.41, 5.74) is 6.37. The van der Waals surface area contributed by atoms with E-state index in [1.54, 1.807) is 19.1 Å². The molecule has 178 valence electrons. The zero-order valence-electron chi connectivity index (χ0n) is 18.5. The Morgan fingerprint density at radius 1 is 1.25 bits per heavy atom. The molecule has 1 aromatic rings. The van der Waals surface area contributed by atoms with Crippen LogP contribution in [0, 0.1) is 6.92 Å². The van der Waals surface area contributed by atoms with E-state index in [1.165, 1.54) is 12.1 Å². The maximum atomic E-state index is 13.5. The second-order valence-electron chi connectivity index (χ2n) is 7.77. The van der Waals surface area contributed by atoms with Gasteiger partial charge in [-0.25, -0.2) is 22.9 Å². The molecule has 10 nitrogen and oxygen atoms in total. The average molecular weight is 469 g/mol. The molecule has 0 saturated carbocycles. The largest absolute Gasteiger partial charge is 0.480 e. The van der Waals surface area contributed by atoms with Crippen LogP contribution < -0.4 is 11.1 Å². The van der Waals surface area contributed by atoms with E-state index in [9.17, 15) is 27.9 Å². The summed E-state index contributed by atoms with van der Waals surface area (Å²) in [7, 11) is -4.00. The third kappa shape index (κ3) is 5.84. The van der Waals surface area contributed by atoms with Gasteiger partial charge in [-0.2, -0.15) is 4.31 Å². The first kappa shape index (κ1) is 25.8. The summed E-state index contributed by atoms with van der Waals surface area (Å²) in [5.74, 6) is -2.16. The maximum Gasteiger partial charge on any atom is 0.326 e. The molecule has 32 heavy (non-hydrogen) atoms. The van der Waals surface area contributed by atoms with Gasteiger partial charge in [0.1, 0.15) is 12.1 Å². The van der Waals surface area contributed by atoms with Crippen LogP contribution >= 0.6 is 0 Å². The quantitative estimate of drug-likeness (QED) is 0.438.